The van der Waals surface area contributed by atoms with Crippen molar-refractivity contribution in [3.05, 3.63) is 33.5 Å². The van der Waals surface area contributed by atoms with Crippen LogP contribution in [0.4, 0.5) is 0 Å². The lowest BCUT2D eigenvalue weighted by molar-refractivity contribution is 0.575. The minimum absolute atomic E-state index is 0.703. The number of alkyl halides is 1. The van der Waals surface area contributed by atoms with Gasteiger partial charge in [0.1, 0.15) is 11.3 Å². The van der Waals surface area contributed by atoms with Gasteiger partial charge in [0.05, 0.1) is 10.4 Å². The minimum atomic E-state index is 0.703. The van der Waals surface area contributed by atoms with Crippen molar-refractivity contribution in [1.29, 1.82) is 0 Å². The molecular weight excluding hydrogens is 319 g/mol. The summed E-state index contributed by atoms with van der Waals surface area (Å²) in [5.41, 5.74) is 0.853. The molecule has 1 aromatic heterocycles. The van der Waals surface area contributed by atoms with E-state index in [-0.39, 0.29) is 0 Å². The average molecular weight is 324 g/mol. The van der Waals surface area contributed by atoms with Crippen LogP contribution in [-0.4, -0.2) is 0 Å². The molecule has 0 radical (unpaired) electrons. The Kier molecular flexibility index (Phi) is 2.67. The highest BCUT2D eigenvalue weighted by Crippen LogP contribution is 2.30. The summed E-state index contributed by atoms with van der Waals surface area (Å²) in [5, 5.41) is 2.45. The number of benzene rings is 1. The maximum atomic E-state index is 5.94. The third kappa shape index (κ3) is 1.78. The largest absolute Gasteiger partial charge is 0.460 e. The molecular formula is C9H5Br2ClO. The van der Waals surface area contributed by atoms with Gasteiger partial charge in [0.2, 0.25) is 0 Å². The van der Waals surface area contributed by atoms with Crippen LogP contribution in [0.25, 0.3) is 11.0 Å². The van der Waals surface area contributed by atoms with Crippen LogP contribution < -0.4 is 0 Å². The first kappa shape index (κ1) is 9.56. The zero-order valence-corrected chi connectivity index (χ0v) is 10.4. The van der Waals surface area contributed by atoms with Crippen LogP contribution in [0, 0.1) is 0 Å². The molecule has 0 unspecified atom stereocenters. The van der Waals surface area contributed by atoms with Crippen LogP contribution in [0.3, 0.4) is 0 Å². The van der Waals surface area contributed by atoms with Gasteiger partial charge in [0, 0.05) is 9.86 Å². The molecule has 0 saturated heterocycles. The van der Waals surface area contributed by atoms with Crippen molar-refractivity contribution in [2.75, 3.05) is 0 Å². The molecule has 0 N–H and O–H groups in total. The Hall–Kier alpha value is 0.01000. The van der Waals surface area contributed by atoms with E-state index in [1.165, 1.54) is 0 Å². The standard InChI is InChI=1S/C9H5Br2ClO/c10-4-6-1-5-2-8(12)7(11)3-9(5)13-6/h1-3H,4H2. The maximum Gasteiger partial charge on any atom is 0.135 e. The molecule has 2 aromatic rings. The molecule has 0 saturated carbocycles. The van der Waals surface area contributed by atoms with Crippen molar-refractivity contribution in [3.8, 4) is 0 Å². The summed E-state index contributed by atoms with van der Waals surface area (Å²) >= 11 is 12.6. The zero-order chi connectivity index (χ0) is 9.42. The fourth-order valence-corrected chi connectivity index (χ4v) is 1.93. The van der Waals surface area contributed by atoms with Gasteiger partial charge in [-0.15, -0.1) is 0 Å². The Morgan fingerprint density at radius 2 is 2.08 bits per heavy atom. The molecule has 0 spiro atoms. The van der Waals surface area contributed by atoms with Crippen LogP contribution >= 0.6 is 43.5 Å². The predicted molar refractivity (Wildman–Crippen MR) is 61.6 cm³/mol. The van der Waals surface area contributed by atoms with Gasteiger partial charge in [-0.3, -0.25) is 0 Å². The Morgan fingerprint density at radius 1 is 1.31 bits per heavy atom. The third-order valence-corrected chi connectivity index (χ3v) is 3.49. The zero-order valence-electron chi connectivity index (χ0n) is 6.48. The number of furan rings is 1. The highest BCUT2D eigenvalue weighted by Gasteiger charge is 2.05. The van der Waals surface area contributed by atoms with Crippen LogP contribution in [0.1, 0.15) is 5.76 Å². The molecule has 1 heterocycles. The molecule has 0 aliphatic rings. The van der Waals surface area contributed by atoms with Crippen LogP contribution in [0.2, 0.25) is 5.02 Å². The third-order valence-electron chi connectivity index (χ3n) is 1.74. The van der Waals surface area contributed by atoms with Crippen LogP contribution in [0.15, 0.2) is 27.1 Å². The van der Waals surface area contributed by atoms with E-state index in [9.17, 15) is 0 Å². The monoisotopic (exact) mass is 322 g/mol. The Bertz CT molecular complexity index is 411. The molecule has 0 bridgehead atoms. The Balaban J connectivity index is 2.70. The van der Waals surface area contributed by atoms with Gasteiger partial charge in [-0.25, -0.2) is 0 Å². The molecule has 13 heavy (non-hydrogen) atoms. The summed E-state index contributed by atoms with van der Waals surface area (Å²) in [4.78, 5) is 0. The first-order valence-electron chi connectivity index (χ1n) is 3.64. The van der Waals surface area contributed by atoms with Crippen molar-refractivity contribution in [2.45, 2.75) is 5.33 Å². The quantitative estimate of drug-likeness (QED) is 0.690. The van der Waals surface area contributed by atoms with E-state index in [1.54, 1.807) is 0 Å². The number of halogens is 3. The van der Waals surface area contributed by atoms with Crippen molar-refractivity contribution in [1.82, 2.24) is 0 Å². The van der Waals surface area contributed by atoms with E-state index in [2.05, 4.69) is 31.9 Å². The second-order valence-corrected chi connectivity index (χ2v) is 4.47. The van der Waals surface area contributed by atoms with Gasteiger partial charge in [0.15, 0.2) is 0 Å². The summed E-state index contributed by atoms with van der Waals surface area (Å²) in [6.07, 6.45) is 0. The fraction of sp³-hybridized carbons (Fsp3) is 0.111. The summed E-state index contributed by atoms with van der Waals surface area (Å²) in [7, 11) is 0. The first-order valence-corrected chi connectivity index (χ1v) is 5.93. The SMILES string of the molecule is Clc1cc2cc(CBr)oc2cc1Br. The Morgan fingerprint density at radius 3 is 2.77 bits per heavy atom. The predicted octanol–water partition coefficient (Wildman–Crippen LogP) is 4.74. The smallest absolute Gasteiger partial charge is 0.135 e. The van der Waals surface area contributed by atoms with E-state index in [4.69, 9.17) is 16.0 Å². The summed E-state index contributed by atoms with van der Waals surface area (Å²) in [5.74, 6) is 0.907. The lowest BCUT2D eigenvalue weighted by atomic mass is 10.2. The van der Waals surface area contributed by atoms with Gasteiger partial charge in [-0.2, -0.15) is 0 Å². The lowest BCUT2D eigenvalue weighted by Gasteiger charge is -1.93. The van der Waals surface area contributed by atoms with Crippen LogP contribution in [0.5, 0.6) is 0 Å². The van der Waals surface area contributed by atoms with E-state index in [0.717, 1.165) is 26.5 Å². The van der Waals surface area contributed by atoms with E-state index in [1.807, 2.05) is 18.2 Å². The number of hydrogen-bond donors (Lipinski definition) is 0. The maximum absolute atomic E-state index is 5.94. The molecule has 0 atom stereocenters. The van der Waals surface area contributed by atoms with Crippen molar-refractivity contribution < 1.29 is 4.42 Å². The van der Waals surface area contributed by atoms with Gasteiger partial charge in [-0.1, -0.05) is 27.5 Å². The fourth-order valence-electron chi connectivity index (χ4n) is 1.16. The summed E-state index contributed by atoms with van der Waals surface area (Å²) < 4.78 is 6.38. The molecule has 1 aromatic carbocycles. The van der Waals surface area contributed by atoms with Crippen molar-refractivity contribution in [3.63, 3.8) is 0 Å². The van der Waals surface area contributed by atoms with Crippen LogP contribution in [-0.2, 0) is 5.33 Å². The minimum Gasteiger partial charge on any atom is -0.460 e. The molecule has 1 nitrogen and oxygen atoms in total. The van der Waals surface area contributed by atoms with E-state index < -0.39 is 0 Å². The number of hydrogen-bond acceptors (Lipinski definition) is 1. The van der Waals surface area contributed by atoms with Crippen molar-refractivity contribution in [2.24, 2.45) is 0 Å². The lowest BCUT2D eigenvalue weighted by Crippen LogP contribution is -1.68. The molecule has 0 aliphatic heterocycles. The highest BCUT2D eigenvalue weighted by atomic mass is 79.9. The van der Waals surface area contributed by atoms with E-state index in [0.29, 0.717) is 5.02 Å². The second kappa shape index (κ2) is 3.64. The second-order valence-electron chi connectivity index (χ2n) is 2.65. The number of fused-ring (bicyclic) bond motifs is 1. The van der Waals surface area contributed by atoms with Gasteiger partial charge < -0.3 is 4.42 Å². The molecule has 0 fully saturated rings. The average Bonchev–Trinajstić information content (AvgIpc) is 2.48. The normalized spacial score (nSPS) is 11.0. The summed E-state index contributed by atoms with van der Waals surface area (Å²) in [6, 6.07) is 5.74. The van der Waals surface area contributed by atoms with Gasteiger partial charge >= 0.3 is 0 Å². The topological polar surface area (TPSA) is 13.1 Å². The number of rotatable bonds is 1. The Labute approximate surface area is 97.3 Å². The molecule has 0 amide bonds. The van der Waals surface area contributed by atoms with Gasteiger partial charge in [0.25, 0.3) is 0 Å². The van der Waals surface area contributed by atoms with E-state index >= 15 is 0 Å². The first-order chi connectivity index (χ1) is 6.20. The molecule has 0 aliphatic carbocycles. The van der Waals surface area contributed by atoms with Crippen molar-refractivity contribution >= 4 is 54.4 Å². The van der Waals surface area contributed by atoms with Gasteiger partial charge in [-0.05, 0) is 34.1 Å². The summed E-state index contributed by atoms with van der Waals surface area (Å²) in [6.45, 7) is 0. The molecule has 2 rings (SSSR count). The molecule has 68 valence electrons. The molecule has 4 heteroatoms. The highest BCUT2D eigenvalue weighted by molar-refractivity contribution is 9.10.